The molecule has 0 saturated heterocycles. The van der Waals surface area contributed by atoms with Crippen LogP contribution >= 0.6 is 23.1 Å². The lowest BCUT2D eigenvalue weighted by atomic mass is 10.1. The van der Waals surface area contributed by atoms with Crippen LogP contribution in [0.15, 0.2) is 22.5 Å². The monoisotopic (exact) mass is 239 g/mol. The summed E-state index contributed by atoms with van der Waals surface area (Å²) in [6.07, 6.45) is 2.05. The molecule has 0 aliphatic rings. The second kappa shape index (κ2) is 4.20. The van der Waals surface area contributed by atoms with Gasteiger partial charge in [-0.05, 0) is 24.0 Å². The van der Waals surface area contributed by atoms with E-state index in [-0.39, 0.29) is 6.42 Å². The van der Waals surface area contributed by atoms with Crippen LogP contribution in [-0.4, -0.2) is 22.3 Å². The van der Waals surface area contributed by atoms with Gasteiger partial charge in [0.15, 0.2) is 4.34 Å². The van der Waals surface area contributed by atoms with Crippen LogP contribution in [0.25, 0.3) is 10.2 Å². The van der Waals surface area contributed by atoms with E-state index in [9.17, 15) is 4.79 Å². The topological polar surface area (TPSA) is 50.2 Å². The molecule has 0 saturated carbocycles. The molecule has 0 spiro atoms. The molecular formula is C10H9NO2S2. The zero-order valence-electron chi connectivity index (χ0n) is 8.06. The molecule has 1 aromatic heterocycles. The Kier molecular flexibility index (Phi) is 2.93. The van der Waals surface area contributed by atoms with Crippen molar-refractivity contribution in [2.45, 2.75) is 10.8 Å². The van der Waals surface area contributed by atoms with Gasteiger partial charge in [-0.1, -0.05) is 17.8 Å². The van der Waals surface area contributed by atoms with Gasteiger partial charge < -0.3 is 5.11 Å². The number of rotatable bonds is 3. The van der Waals surface area contributed by atoms with Crippen molar-refractivity contribution < 1.29 is 9.90 Å². The van der Waals surface area contributed by atoms with Crippen molar-refractivity contribution in [3.8, 4) is 0 Å². The standard InChI is InChI=1S/C10H9NO2S2/c1-14-10-11-7-3-2-6(5-9(12)13)4-8(7)15-10/h2-4H,5H2,1H3,(H,12,13). The first-order valence-corrected chi connectivity index (χ1v) is 6.38. The minimum Gasteiger partial charge on any atom is -0.481 e. The zero-order valence-corrected chi connectivity index (χ0v) is 9.69. The number of benzene rings is 1. The molecule has 0 radical (unpaired) electrons. The number of thiazole rings is 1. The molecule has 2 rings (SSSR count). The van der Waals surface area contributed by atoms with Gasteiger partial charge in [0.25, 0.3) is 0 Å². The quantitative estimate of drug-likeness (QED) is 0.837. The maximum Gasteiger partial charge on any atom is 0.307 e. The van der Waals surface area contributed by atoms with Crippen molar-refractivity contribution in [1.82, 2.24) is 4.98 Å². The number of aromatic nitrogens is 1. The van der Waals surface area contributed by atoms with E-state index in [1.54, 1.807) is 23.1 Å². The number of thioether (sulfide) groups is 1. The first kappa shape index (κ1) is 10.4. The molecule has 0 atom stereocenters. The Morgan fingerprint density at radius 3 is 3.07 bits per heavy atom. The number of aliphatic carboxylic acids is 1. The van der Waals surface area contributed by atoms with Crippen LogP contribution in [0.4, 0.5) is 0 Å². The van der Waals surface area contributed by atoms with Gasteiger partial charge in [0, 0.05) is 0 Å². The molecule has 0 bridgehead atoms. The van der Waals surface area contributed by atoms with Crippen LogP contribution < -0.4 is 0 Å². The normalized spacial score (nSPS) is 10.7. The fourth-order valence-electron chi connectivity index (χ4n) is 1.32. The highest BCUT2D eigenvalue weighted by molar-refractivity contribution is 8.00. The third-order valence-electron chi connectivity index (χ3n) is 1.96. The van der Waals surface area contributed by atoms with E-state index < -0.39 is 5.97 Å². The Hall–Kier alpha value is -1.07. The number of nitrogens with zero attached hydrogens (tertiary/aromatic N) is 1. The van der Waals surface area contributed by atoms with Gasteiger partial charge in [0.1, 0.15) is 0 Å². The van der Waals surface area contributed by atoms with Crippen LogP contribution in [0.2, 0.25) is 0 Å². The average molecular weight is 239 g/mol. The number of hydrogen-bond donors (Lipinski definition) is 1. The fraction of sp³-hybridized carbons (Fsp3) is 0.200. The number of carbonyl (C=O) groups is 1. The lowest BCUT2D eigenvalue weighted by Crippen LogP contribution is -1.99. The largest absolute Gasteiger partial charge is 0.481 e. The van der Waals surface area contributed by atoms with Crippen molar-refractivity contribution in [3.63, 3.8) is 0 Å². The molecule has 2 aromatic rings. The Morgan fingerprint density at radius 1 is 1.60 bits per heavy atom. The highest BCUT2D eigenvalue weighted by Gasteiger charge is 2.05. The molecule has 1 heterocycles. The third-order valence-corrected chi connectivity index (χ3v) is 3.97. The van der Waals surface area contributed by atoms with Crippen molar-refractivity contribution >= 4 is 39.3 Å². The molecular weight excluding hydrogens is 230 g/mol. The Balaban J connectivity index is 2.41. The summed E-state index contributed by atoms with van der Waals surface area (Å²) in [6.45, 7) is 0. The van der Waals surface area contributed by atoms with Crippen LogP contribution in [0.3, 0.4) is 0 Å². The van der Waals surface area contributed by atoms with E-state index in [2.05, 4.69) is 4.98 Å². The smallest absolute Gasteiger partial charge is 0.307 e. The Morgan fingerprint density at radius 2 is 2.40 bits per heavy atom. The average Bonchev–Trinajstić information content (AvgIpc) is 2.58. The first-order valence-electron chi connectivity index (χ1n) is 4.34. The highest BCUT2D eigenvalue weighted by Crippen LogP contribution is 2.28. The first-order chi connectivity index (χ1) is 7.19. The predicted molar refractivity (Wildman–Crippen MR) is 62.7 cm³/mol. The number of carboxylic acids is 1. The molecule has 0 amide bonds. The SMILES string of the molecule is CSc1nc2ccc(CC(=O)O)cc2s1. The molecule has 78 valence electrons. The molecule has 0 aliphatic heterocycles. The van der Waals surface area contributed by atoms with Crippen LogP contribution in [-0.2, 0) is 11.2 Å². The number of carboxylic acid groups (broad SMARTS) is 1. The third kappa shape index (κ3) is 2.30. The second-order valence-corrected chi connectivity index (χ2v) is 5.14. The minimum absolute atomic E-state index is 0.0719. The van der Waals surface area contributed by atoms with Gasteiger partial charge in [-0.2, -0.15) is 0 Å². The molecule has 15 heavy (non-hydrogen) atoms. The fourth-order valence-corrected chi connectivity index (χ4v) is 2.87. The van der Waals surface area contributed by atoms with E-state index in [1.165, 1.54) is 0 Å². The molecule has 1 aromatic carbocycles. The summed E-state index contributed by atoms with van der Waals surface area (Å²) in [5, 5.41) is 8.67. The van der Waals surface area contributed by atoms with Gasteiger partial charge in [0.2, 0.25) is 0 Å². The molecule has 0 aliphatic carbocycles. The molecule has 3 nitrogen and oxygen atoms in total. The summed E-state index contributed by atoms with van der Waals surface area (Å²) < 4.78 is 2.07. The van der Waals surface area contributed by atoms with E-state index in [0.29, 0.717) is 0 Å². The van der Waals surface area contributed by atoms with Crippen molar-refractivity contribution in [2.24, 2.45) is 0 Å². The summed E-state index contributed by atoms with van der Waals surface area (Å²) in [6, 6.07) is 5.60. The number of hydrogen-bond acceptors (Lipinski definition) is 4. The molecule has 0 unspecified atom stereocenters. The van der Waals surface area contributed by atoms with Crippen molar-refractivity contribution in [3.05, 3.63) is 23.8 Å². The van der Waals surface area contributed by atoms with Crippen molar-refractivity contribution in [1.29, 1.82) is 0 Å². The van der Waals surface area contributed by atoms with E-state index in [1.807, 2.05) is 24.5 Å². The maximum atomic E-state index is 10.5. The van der Waals surface area contributed by atoms with Crippen LogP contribution in [0.5, 0.6) is 0 Å². The van der Waals surface area contributed by atoms with Gasteiger partial charge >= 0.3 is 5.97 Å². The predicted octanol–water partition coefficient (Wildman–Crippen LogP) is 2.65. The van der Waals surface area contributed by atoms with Gasteiger partial charge in [-0.3, -0.25) is 4.79 Å². The Labute approximate surface area is 95.1 Å². The summed E-state index contributed by atoms with van der Waals surface area (Å²) in [5.41, 5.74) is 1.77. The van der Waals surface area contributed by atoms with Gasteiger partial charge in [-0.15, -0.1) is 11.3 Å². The minimum atomic E-state index is -0.802. The summed E-state index contributed by atoms with van der Waals surface area (Å²) in [5.74, 6) is -0.802. The maximum absolute atomic E-state index is 10.5. The zero-order chi connectivity index (χ0) is 10.8. The summed E-state index contributed by atoms with van der Waals surface area (Å²) in [7, 11) is 0. The molecule has 5 heteroatoms. The van der Waals surface area contributed by atoms with Crippen LogP contribution in [0, 0.1) is 0 Å². The van der Waals surface area contributed by atoms with E-state index in [0.717, 1.165) is 20.1 Å². The Bertz CT molecular complexity index is 507. The van der Waals surface area contributed by atoms with Crippen molar-refractivity contribution in [2.75, 3.05) is 6.26 Å². The second-order valence-electron chi connectivity index (χ2n) is 3.06. The highest BCUT2D eigenvalue weighted by atomic mass is 32.2. The lowest BCUT2D eigenvalue weighted by Gasteiger charge is -1.95. The lowest BCUT2D eigenvalue weighted by molar-refractivity contribution is -0.136. The molecule has 0 fully saturated rings. The summed E-state index contributed by atoms with van der Waals surface area (Å²) >= 11 is 3.20. The van der Waals surface area contributed by atoms with Crippen LogP contribution in [0.1, 0.15) is 5.56 Å². The van der Waals surface area contributed by atoms with Gasteiger partial charge in [-0.25, -0.2) is 4.98 Å². The van der Waals surface area contributed by atoms with Gasteiger partial charge in [0.05, 0.1) is 16.6 Å². The molecule has 1 N–H and O–H groups in total. The van der Waals surface area contributed by atoms with E-state index >= 15 is 0 Å². The van der Waals surface area contributed by atoms with E-state index in [4.69, 9.17) is 5.11 Å². The number of fused-ring (bicyclic) bond motifs is 1. The summed E-state index contributed by atoms with van der Waals surface area (Å²) in [4.78, 5) is 14.9.